The van der Waals surface area contributed by atoms with E-state index in [0.717, 1.165) is 0 Å². The lowest BCUT2D eigenvalue weighted by atomic mass is 9.72. The van der Waals surface area contributed by atoms with E-state index in [1.54, 1.807) is 12.3 Å². The van der Waals surface area contributed by atoms with Crippen LogP contribution in [-0.2, 0) is 31.5 Å². The van der Waals surface area contributed by atoms with Crippen LogP contribution in [0.5, 0.6) is 0 Å². The van der Waals surface area contributed by atoms with E-state index in [9.17, 15) is 14.4 Å². The highest BCUT2D eigenvalue weighted by molar-refractivity contribution is 7.84. The fraction of sp³-hybridized carbons (Fsp3) is 0.237. The van der Waals surface area contributed by atoms with Crippen LogP contribution in [-0.4, -0.2) is 43.2 Å². The summed E-state index contributed by atoms with van der Waals surface area (Å²) in [5.74, 6) is -0.415. The molecule has 1 saturated heterocycles. The van der Waals surface area contributed by atoms with Gasteiger partial charge in [0.2, 0.25) is 0 Å². The minimum atomic E-state index is -1.60. The maximum Gasteiger partial charge on any atom is 0.164 e. The molecule has 0 saturated carbocycles. The molecule has 6 rings (SSSR count). The Bertz CT molecular complexity index is 1470. The minimum absolute atomic E-state index is 0.636. The first-order valence-corrected chi connectivity index (χ1v) is 16.3. The van der Waals surface area contributed by atoms with Gasteiger partial charge in [0, 0.05) is 11.9 Å². The average molecular weight is 622 g/mol. The predicted octanol–water partition coefficient (Wildman–Crippen LogP) is 6.59. The van der Waals surface area contributed by atoms with E-state index in [1.807, 2.05) is 154 Å². The number of aromatic nitrogens is 1. The number of nitrogens with zero attached hydrogens (tertiary/aromatic N) is 1. The molecular weight excluding hydrogens is 582 g/mol. The van der Waals surface area contributed by atoms with E-state index in [2.05, 4.69) is 4.98 Å². The quantitative estimate of drug-likeness (QED) is 0.203. The fourth-order valence-corrected chi connectivity index (χ4v) is 6.47. The number of pyridine rings is 1. The molecule has 1 aliphatic rings. The lowest BCUT2D eigenvalue weighted by molar-refractivity contribution is -0.172. The average Bonchev–Trinajstić information content (AvgIpc) is 3.45. The molecule has 3 atom stereocenters. The maximum absolute atomic E-state index is 12.6. The van der Waals surface area contributed by atoms with Gasteiger partial charge in [-0.1, -0.05) is 134 Å². The van der Waals surface area contributed by atoms with Gasteiger partial charge in [0.15, 0.2) is 5.79 Å². The fourth-order valence-electron chi connectivity index (χ4n) is 5.76. The first-order chi connectivity index (χ1) is 21.7. The van der Waals surface area contributed by atoms with Crippen LogP contribution in [0, 0.1) is 0 Å². The highest BCUT2D eigenvalue weighted by atomic mass is 32.2. The number of hydrogen-bond acceptors (Lipinski definition) is 6. The van der Waals surface area contributed by atoms with Crippen LogP contribution in [0.3, 0.4) is 0 Å². The summed E-state index contributed by atoms with van der Waals surface area (Å²) in [5, 5.41) is 25.9. The Morgan fingerprint density at radius 3 is 1.24 bits per heavy atom. The Morgan fingerprint density at radius 1 is 0.622 bits per heavy atom. The van der Waals surface area contributed by atoms with Gasteiger partial charge in [-0.05, 0) is 48.2 Å². The molecule has 1 aromatic heterocycles. The van der Waals surface area contributed by atoms with Crippen LogP contribution in [0.4, 0.5) is 0 Å². The Balaban J connectivity index is 0.000000342. The molecule has 1 fully saturated rings. The molecule has 0 spiro atoms. The number of rotatable bonds is 8. The standard InChI is InChI=1S/C31H30O4.C7H9NOS/c1-29(2)34-27(30(32,23-15-7-3-8-16-23)24-17-9-4-10-18-24)28(35-29)31(33,25-19-11-5-12-20-25)26-21-13-6-14-22-26;1-2-10(9)7-5-3-4-6-8-7/h3-22,27-28,32-33H,1-2H3;3-6H,2H2,1H3/t27-,28-;10-/m11/s1. The first kappa shape index (κ1) is 32.4. The van der Waals surface area contributed by atoms with Crippen LogP contribution >= 0.6 is 0 Å². The third-order valence-corrected chi connectivity index (χ3v) is 9.14. The molecule has 1 aliphatic heterocycles. The smallest absolute Gasteiger partial charge is 0.164 e. The molecule has 4 aromatic carbocycles. The topological polar surface area (TPSA) is 88.9 Å². The van der Waals surface area contributed by atoms with Crippen molar-refractivity contribution in [2.24, 2.45) is 0 Å². The van der Waals surface area contributed by atoms with Gasteiger partial charge in [-0.2, -0.15) is 0 Å². The molecule has 0 unspecified atom stereocenters. The van der Waals surface area contributed by atoms with Gasteiger partial charge >= 0.3 is 0 Å². The maximum atomic E-state index is 12.6. The summed E-state index contributed by atoms with van der Waals surface area (Å²) in [5.41, 5.74) is -0.564. The summed E-state index contributed by atoms with van der Waals surface area (Å²) in [6.45, 7) is 5.50. The molecular formula is C38H39NO5S. The summed E-state index contributed by atoms with van der Waals surface area (Å²) in [7, 11) is -0.901. The van der Waals surface area contributed by atoms with Crippen molar-refractivity contribution >= 4 is 10.8 Å². The molecule has 232 valence electrons. The number of aliphatic hydroxyl groups is 2. The SMILES string of the molecule is CC1(C)O[C@@H](C(O)(c2ccccc2)c2ccccc2)[C@H](C(O)(c2ccccc2)c2ccccc2)O1.CC[S@@](=O)c1ccccn1. The molecule has 2 N–H and O–H groups in total. The van der Waals surface area contributed by atoms with E-state index >= 15 is 0 Å². The van der Waals surface area contributed by atoms with Crippen LogP contribution < -0.4 is 0 Å². The van der Waals surface area contributed by atoms with Crippen molar-refractivity contribution in [1.29, 1.82) is 0 Å². The normalized spacial score (nSPS) is 18.4. The zero-order chi connectivity index (χ0) is 31.9. The van der Waals surface area contributed by atoms with E-state index in [1.165, 1.54) is 0 Å². The Labute approximate surface area is 267 Å². The summed E-state index contributed by atoms with van der Waals surface area (Å²) in [6.07, 6.45) is -0.219. The summed E-state index contributed by atoms with van der Waals surface area (Å²) in [4.78, 5) is 3.95. The van der Waals surface area contributed by atoms with Gasteiger partial charge in [0.25, 0.3) is 0 Å². The van der Waals surface area contributed by atoms with Crippen molar-refractivity contribution in [3.8, 4) is 0 Å². The number of benzene rings is 4. The molecule has 7 heteroatoms. The Hall–Kier alpha value is -3.98. The lowest BCUT2D eigenvalue weighted by Crippen LogP contribution is -2.54. The van der Waals surface area contributed by atoms with Crippen molar-refractivity contribution in [3.05, 3.63) is 168 Å². The number of ether oxygens (including phenoxy) is 2. The molecule has 0 bridgehead atoms. The van der Waals surface area contributed by atoms with Crippen LogP contribution in [0.1, 0.15) is 43.0 Å². The second kappa shape index (κ2) is 14.0. The highest BCUT2D eigenvalue weighted by Gasteiger charge is 2.61. The second-order valence-electron chi connectivity index (χ2n) is 11.3. The largest absolute Gasteiger partial charge is 0.378 e. The summed E-state index contributed by atoms with van der Waals surface area (Å²) in [6, 6.07) is 43.2. The second-order valence-corrected chi connectivity index (χ2v) is 13.0. The minimum Gasteiger partial charge on any atom is -0.378 e. The van der Waals surface area contributed by atoms with Gasteiger partial charge in [0.05, 0.1) is 10.8 Å². The van der Waals surface area contributed by atoms with Gasteiger partial charge in [-0.25, -0.2) is 4.98 Å². The van der Waals surface area contributed by atoms with Crippen LogP contribution in [0.25, 0.3) is 0 Å². The van der Waals surface area contributed by atoms with Gasteiger partial charge < -0.3 is 19.7 Å². The molecule has 0 aliphatic carbocycles. The molecule has 0 radical (unpaired) electrons. The van der Waals surface area contributed by atoms with Crippen molar-refractivity contribution < 1.29 is 23.9 Å². The van der Waals surface area contributed by atoms with Crippen LogP contribution in [0.2, 0.25) is 0 Å². The van der Waals surface area contributed by atoms with E-state index in [4.69, 9.17) is 9.47 Å². The van der Waals surface area contributed by atoms with E-state index < -0.39 is 40.0 Å². The summed E-state index contributed by atoms with van der Waals surface area (Å²) >= 11 is 0. The van der Waals surface area contributed by atoms with Gasteiger partial charge in [-0.15, -0.1) is 0 Å². The first-order valence-electron chi connectivity index (χ1n) is 15.0. The van der Waals surface area contributed by atoms with Gasteiger partial charge in [0.1, 0.15) is 28.4 Å². The zero-order valence-electron chi connectivity index (χ0n) is 25.7. The molecule has 6 nitrogen and oxygen atoms in total. The van der Waals surface area contributed by atoms with Crippen LogP contribution in [0.15, 0.2) is 151 Å². The Morgan fingerprint density at radius 2 is 0.956 bits per heavy atom. The summed E-state index contributed by atoms with van der Waals surface area (Å²) < 4.78 is 24.0. The third kappa shape index (κ3) is 6.83. The highest BCUT2D eigenvalue weighted by Crippen LogP contribution is 2.50. The van der Waals surface area contributed by atoms with Crippen molar-refractivity contribution in [3.63, 3.8) is 0 Å². The Kier molecular flexibility index (Phi) is 10.1. The van der Waals surface area contributed by atoms with Crippen molar-refractivity contribution in [2.45, 2.75) is 55.0 Å². The molecule has 0 amide bonds. The zero-order valence-corrected chi connectivity index (χ0v) is 26.5. The third-order valence-electron chi connectivity index (χ3n) is 7.91. The lowest BCUT2D eigenvalue weighted by Gasteiger charge is -2.42. The van der Waals surface area contributed by atoms with Gasteiger partial charge in [-0.3, -0.25) is 4.21 Å². The van der Waals surface area contributed by atoms with E-state index in [-0.39, 0.29) is 0 Å². The monoisotopic (exact) mass is 621 g/mol. The van der Waals surface area contributed by atoms with E-state index in [0.29, 0.717) is 33.0 Å². The van der Waals surface area contributed by atoms with Crippen molar-refractivity contribution in [1.82, 2.24) is 4.98 Å². The number of hydrogen-bond donors (Lipinski definition) is 2. The van der Waals surface area contributed by atoms with Crippen molar-refractivity contribution in [2.75, 3.05) is 5.75 Å². The predicted molar refractivity (Wildman–Crippen MR) is 177 cm³/mol. The molecule has 2 heterocycles. The molecule has 45 heavy (non-hydrogen) atoms. The molecule has 5 aromatic rings.